The Kier molecular flexibility index (Phi) is 7.34. The molecule has 3 fully saturated rings. The van der Waals surface area contributed by atoms with Crippen LogP contribution in [0.25, 0.3) is 0 Å². The molecule has 4 aliphatic rings. The molecule has 0 bridgehead atoms. The van der Waals surface area contributed by atoms with Crippen LogP contribution in [0.5, 0.6) is 11.5 Å². The summed E-state index contributed by atoms with van der Waals surface area (Å²) >= 11 is 18.2. The zero-order valence-corrected chi connectivity index (χ0v) is 28.0. The van der Waals surface area contributed by atoms with E-state index in [0.717, 1.165) is 21.9 Å². The fraction of sp³-hybridized carbons (Fsp3) is 0.312. The Hall–Kier alpha value is -3.00. The van der Waals surface area contributed by atoms with Gasteiger partial charge in [0.25, 0.3) is 11.8 Å². The third-order valence-electron chi connectivity index (χ3n) is 9.49. The highest BCUT2D eigenvalue weighted by molar-refractivity contribution is 14.1. The number of methoxy groups -OCH3 is 1. The van der Waals surface area contributed by atoms with Crippen LogP contribution >= 0.6 is 57.1 Å². The van der Waals surface area contributed by atoms with Crippen molar-refractivity contribution in [3.63, 3.8) is 0 Å². The number of phenolic OH excluding ortho intramolecular Hbond substituents is 1. The molecule has 45 heavy (non-hydrogen) atoms. The minimum absolute atomic E-state index is 0.0986. The van der Waals surface area contributed by atoms with Crippen molar-refractivity contribution in [3.8, 4) is 11.5 Å². The normalized spacial score (nSPS) is 30.7. The molecule has 1 N–H and O–H groups in total. The van der Waals surface area contributed by atoms with Gasteiger partial charge in [-0.2, -0.15) is 0 Å². The molecule has 0 radical (unpaired) electrons. The molecule has 232 valence electrons. The van der Waals surface area contributed by atoms with E-state index >= 15 is 0 Å². The number of rotatable bonds is 5. The highest BCUT2D eigenvalue weighted by Gasteiger charge is 2.76. The second kappa shape index (κ2) is 10.8. The molecule has 1 aromatic heterocycles. The number of ether oxygens (including phenoxy) is 1. The summed E-state index contributed by atoms with van der Waals surface area (Å²) in [7, 11) is 1.39. The fourth-order valence-corrected chi connectivity index (χ4v) is 9.72. The Morgan fingerprint density at radius 1 is 1.07 bits per heavy atom. The van der Waals surface area contributed by atoms with Gasteiger partial charge in [0.05, 0.1) is 34.7 Å². The van der Waals surface area contributed by atoms with Crippen LogP contribution in [0.4, 0.5) is 10.1 Å². The van der Waals surface area contributed by atoms with Crippen molar-refractivity contribution in [2.45, 2.75) is 35.1 Å². The van der Waals surface area contributed by atoms with E-state index in [2.05, 4.69) is 0 Å². The Morgan fingerprint density at radius 3 is 2.47 bits per heavy atom. The SMILES string of the molecule is COc1cc(C2C3=CCC4C(=O)N(Cc5cccs5)C(=O)C4C3CC3(Cl)C(=O)N(c4ccc(F)cc4)C(=O)C23Cl)cc(I)c1O. The number of hydrogen-bond donors (Lipinski definition) is 1. The number of amides is 4. The first-order valence-electron chi connectivity index (χ1n) is 14.1. The third-order valence-corrected chi connectivity index (χ3v) is 12.6. The van der Waals surface area contributed by atoms with Crippen molar-refractivity contribution >= 4 is 86.4 Å². The van der Waals surface area contributed by atoms with Crippen molar-refractivity contribution in [2.24, 2.45) is 17.8 Å². The molecular formula is C32H24Cl2FIN2O6S. The quantitative estimate of drug-likeness (QED) is 0.148. The summed E-state index contributed by atoms with van der Waals surface area (Å²) in [6.45, 7) is 0.141. The lowest BCUT2D eigenvalue weighted by Crippen LogP contribution is -2.60. The van der Waals surface area contributed by atoms with Gasteiger partial charge in [0.1, 0.15) is 5.82 Å². The van der Waals surface area contributed by atoms with E-state index in [4.69, 9.17) is 27.9 Å². The summed E-state index contributed by atoms with van der Waals surface area (Å²) in [5.41, 5.74) is 1.16. The number of benzene rings is 2. The molecule has 4 amide bonds. The summed E-state index contributed by atoms with van der Waals surface area (Å²) in [5, 5.41) is 12.5. The Morgan fingerprint density at radius 2 is 1.80 bits per heavy atom. The number of halogens is 4. The van der Waals surface area contributed by atoms with Crippen LogP contribution in [0.15, 0.2) is 65.6 Å². The summed E-state index contributed by atoms with van der Waals surface area (Å²) in [6.07, 6.45) is 1.90. The first-order chi connectivity index (χ1) is 21.4. The number of aromatic hydroxyl groups is 1. The molecule has 3 aromatic rings. The number of carbonyl (C=O) groups excluding carboxylic acids is 4. The van der Waals surface area contributed by atoms with Crippen LogP contribution in [0.2, 0.25) is 0 Å². The number of hydrogen-bond acceptors (Lipinski definition) is 7. The zero-order chi connectivity index (χ0) is 32.0. The molecule has 2 aliphatic heterocycles. The maximum Gasteiger partial charge on any atom is 0.258 e. The van der Waals surface area contributed by atoms with E-state index in [1.807, 2.05) is 46.2 Å². The molecule has 6 atom stereocenters. The third kappa shape index (κ3) is 4.26. The van der Waals surface area contributed by atoms with Gasteiger partial charge in [-0.1, -0.05) is 17.7 Å². The van der Waals surface area contributed by atoms with Gasteiger partial charge in [0.2, 0.25) is 11.8 Å². The molecule has 8 nitrogen and oxygen atoms in total. The van der Waals surface area contributed by atoms with E-state index in [0.29, 0.717) is 14.7 Å². The average molecular weight is 781 g/mol. The maximum atomic E-state index is 14.5. The van der Waals surface area contributed by atoms with Crippen molar-refractivity contribution in [2.75, 3.05) is 12.0 Å². The van der Waals surface area contributed by atoms with Crippen LogP contribution in [-0.4, -0.2) is 50.5 Å². The minimum atomic E-state index is -2.08. The minimum Gasteiger partial charge on any atom is -0.504 e. The molecule has 0 spiro atoms. The van der Waals surface area contributed by atoms with Gasteiger partial charge < -0.3 is 9.84 Å². The average Bonchev–Trinajstić information content (AvgIpc) is 3.66. The van der Waals surface area contributed by atoms with Gasteiger partial charge in [0.15, 0.2) is 21.2 Å². The van der Waals surface area contributed by atoms with Crippen molar-refractivity contribution in [3.05, 3.63) is 85.4 Å². The van der Waals surface area contributed by atoms with Gasteiger partial charge >= 0.3 is 0 Å². The van der Waals surface area contributed by atoms with Gasteiger partial charge in [-0.3, -0.25) is 24.1 Å². The van der Waals surface area contributed by atoms with E-state index in [9.17, 15) is 28.7 Å². The Bertz CT molecular complexity index is 1820. The number of fused-ring (bicyclic) bond motifs is 4. The van der Waals surface area contributed by atoms with Crippen molar-refractivity contribution in [1.82, 2.24) is 4.90 Å². The maximum absolute atomic E-state index is 14.5. The monoisotopic (exact) mass is 780 g/mol. The number of phenols is 1. The molecule has 3 heterocycles. The molecule has 1 saturated carbocycles. The van der Waals surface area contributed by atoms with E-state index in [1.165, 1.54) is 35.5 Å². The molecule has 2 saturated heterocycles. The highest BCUT2D eigenvalue weighted by Crippen LogP contribution is 2.66. The predicted octanol–water partition coefficient (Wildman–Crippen LogP) is 5.97. The first-order valence-corrected chi connectivity index (χ1v) is 16.8. The second-order valence-electron chi connectivity index (χ2n) is 11.6. The van der Waals surface area contributed by atoms with E-state index < -0.39 is 51.1 Å². The number of imide groups is 2. The van der Waals surface area contributed by atoms with Crippen molar-refractivity contribution < 1.29 is 33.4 Å². The topological polar surface area (TPSA) is 104 Å². The van der Waals surface area contributed by atoms with Crippen LogP contribution in [0.3, 0.4) is 0 Å². The predicted molar refractivity (Wildman–Crippen MR) is 174 cm³/mol. The van der Waals surface area contributed by atoms with Gasteiger partial charge in [0, 0.05) is 10.8 Å². The van der Waals surface area contributed by atoms with Crippen LogP contribution in [-0.2, 0) is 25.7 Å². The second-order valence-corrected chi connectivity index (χ2v) is 15.1. The molecular weight excluding hydrogens is 757 g/mol. The molecule has 13 heteroatoms. The smallest absolute Gasteiger partial charge is 0.258 e. The Balaban J connectivity index is 1.40. The fourth-order valence-electron chi connectivity index (χ4n) is 7.47. The number of anilines is 1. The Labute approximate surface area is 284 Å². The van der Waals surface area contributed by atoms with Crippen LogP contribution in [0.1, 0.15) is 29.2 Å². The number of likely N-dealkylation sites (tertiary alicyclic amines) is 1. The number of thiophene rings is 1. The molecule has 7 rings (SSSR count). The molecule has 2 aliphatic carbocycles. The standard InChI is InChI=1S/C32H24Cl2FIN2O6S/c1-44-23-12-15(11-22(36)26(23)39)25-19-8-9-20-24(28(41)37(27(20)40)14-18-3-2-10-45-18)21(19)13-31(33)29(42)38(30(43)32(25,31)34)17-6-4-16(35)5-7-17/h2-8,10-12,20-21,24-25,39H,9,13-14H2,1H3. The van der Waals surface area contributed by atoms with E-state index in [1.54, 1.807) is 12.1 Å². The zero-order valence-electron chi connectivity index (χ0n) is 23.5. The number of carbonyl (C=O) groups is 4. The lowest BCUT2D eigenvalue weighted by atomic mass is 9.56. The molecule has 6 unspecified atom stereocenters. The van der Waals surface area contributed by atoms with Crippen LogP contribution in [0, 0.1) is 27.1 Å². The summed E-state index contributed by atoms with van der Waals surface area (Å²) < 4.78 is 19.7. The van der Waals surface area contributed by atoms with Gasteiger partial charge in [-0.15, -0.1) is 34.5 Å². The number of nitrogens with zero attached hydrogens (tertiary/aromatic N) is 2. The first kappa shape index (κ1) is 30.6. The molecule has 2 aromatic carbocycles. The lowest BCUT2D eigenvalue weighted by molar-refractivity contribution is -0.141. The summed E-state index contributed by atoms with van der Waals surface area (Å²) in [6, 6.07) is 11.7. The highest BCUT2D eigenvalue weighted by atomic mass is 127. The summed E-state index contributed by atoms with van der Waals surface area (Å²) in [5.74, 6) is -6.03. The lowest BCUT2D eigenvalue weighted by Gasteiger charge is -2.50. The summed E-state index contributed by atoms with van der Waals surface area (Å²) in [4.78, 5) is 55.4. The number of allylic oxidation sites excluding steroid dienone is 2. The van der Waals surface area contributed by atoms with Crippen molar-refractivity contribution in [1.29, 1.82) is 0 Å². The van der Waals surface area contributed by atoms with Crippen LogP contribution < -0.4 is 9.64 Å². The largest absolute Gasteiger partial charge is 0.504 e. The van der Waals surface area contributed by atoms with E-state index in [-0.39, 0.29) is 48.4 Å². The van der Waals surface area contributed by atoms with Gasteiger partial charge in [-0.25, -0.2) is 9.29 Å². The van der Waals surface area contributed by atoms with Gasteiger partial charge in [-0.05, 0) is 94.8 Å². The number of alkyl halides is 2.